The van der Waals surface area contributed by atoms with Crippen molar-refractivity contribution in [1.82, 2.24) is 9.94 Å². The van der Waals surface area contributed by atoms with Crippen LogP contribution in [0.15, 0.2) is 24.0 Å². The third-order valence-corrected chi connectivity index (χ3v) is 1.31. The first-order valence-corrected chi connectivity index (χ1v) is 4.03. The van der Waals surface area contributed by atoms with Crippen molar-refractivity contribution in [2.24, 2.45) is 0 Å². The topological polar surface area (TPSA) is 44.1 Å². The fraction of sp³-hybridized carbons (Fsp3) is 0.250. The van der Waals surface area contributed by atoms with E-state index in [1.54, 1.807) is 13.8 Å². The van der Waals surface area contributed by atoms with Crippen molar-refractivity contribution in [3.05, 3.63) is 29.1 Å². The number of nitrogens with zero attached hydrogens (tertiary/aromatic N) is 2. The maximum absolute atomic E-state index is 11.0. The number of halogens is 1. The molecule has 5 heteroatoms. The van der Waals surface area contributed by atoms with E-state index in [1.165, 1.54) is 18.5 Å². The average Bonchev–Trinajstić information content (AvgIpc) is 2.33. The fourth-order valence-corrected chi connectivity index (χ4v) is 0.816. The number of hydrogen-bond acceptors (Lipinski definition) is 3. The van der Waals surface area contributed by atoms with Gasteiger partial charge in [-0.3, -0.25) is 0 Å². The lowest BCUT2D eigenvalue weighted by molar-refractivity contribution is -0.139. The highest BCUT2D eigenvalue weighted by atomic mass is 35.5. The van der Waals surface area contributed by atoms with E-state index in [1.807, 2.05) is 0 Å². The third kappa shape index (κ3) is 3.29. The molecule has 1 rings (SSSR count). The fourth-order valence-electron chi connectivity index (χ4n) is 0.688. The van der Waals surface area contributed by atoms with Gasteiger partial charge >= 0.3 is 5.97 Å². The van der Waals surface area contributed by atoms with Gasteiger partial charge in [0.15, 0.2) is 0 Å². The molecular weight excluding hydrogens is 192 g/mol. The molecule has 0 saturated heterocycles. The number of allylic oxidation sites excluding steroid dienone is 1. The predicted octanol–water partition coefficient (Wildman–Crippen LogP) is 1.46. The van der Waals surface area contributed by atoms with E-state index in [4.69, 9.17) is 16.4 Å². The molecule has 0 amide bonds. The van der Waals surface area contributed by atoms with Crippen LogP contribution in [-0.2, 0) is 4.79 Å². The van der Waals surface area contributed by atoms with Gasteiger partial charge in [0.05, 0.1) is 17.4 Å². The van der Waals surface area contributed by atoms with E-state index in [0.29, 0.717) is 5.02 Å². The van der Waals surface area contributed by atoms with Gasteiger partial charge in [-0.25, -0.2) is 4.79 Å². The summed E-state index contributed by atoms with van der Waals surface area (Å²) in [4.78, 5) is 16.8. The number of carbonyl (C=O) groups excluding carboxylic acids is 1. The summed E-state index contributed by atoms with van der Waals surface area (Å²) in [6.07, 6.45) is 4.16. The second-order valence-corrected chi connectivity index (χ2v) is 3.13. The quantitative estimate of drug-likeness (QED) is 0.679. The molecule has 4 nitrogen and oxygen atoms in total. The van der Waals surface area contributed by atoms with Gasteiger partial charge in [0.2, 0.25) is 0 Å². The molecule has 0 radical (unpaired) electrons. The van der Waals surface area contributed by atoms with Crippen LogP contribution in [0.2, 0.25) is 5.02 Å². The van der Waals surface area contributed by atoms with Crippen LogP contribution in [0.4, 0.5) is 0 Å². The molecule has 0 aliphatic heterocycles. The summed E-state index contributed by atoms with van der Waals surface area (Å²) in [5, 5.41) is 4.10. The van der Waals surface area contributed by atoms with E-state index in [0.717, 1.165) is 10.4 Å². The second kappa shape index (κ2) is 4.09. The highest BCUT2D eigenvalue weighted by molar-refractivity contribution is 6.30. The molecule has 0 saturated carbocycles. The van der Waals surface area contributed by atoms with Crippen molar-refractivity contribution >= 4 is 17.6 Å². The Balaban J connectivity index is 2.60. The van der Waals surface area contributed by atoms with Gasteiger partial charge < -0.3 is 4.84 Å². The Bertz CT molecular complexity index is 340. The summed E-state index contributed by atoms with van der Waals surface area (Å²) >= 11 is 5.56. The predicted molar refractivity (Wildman–Crippen MR) is 48.3 cm³/mol. The summed E-state index contributed by atoms with van der Waals surface area (Å²) in [6.45, 7) is 3.61. The zero-order valence-corrected chi connectivity index (χ0v) is 8.08. The molecule has 13 heavy (non-hydrogen) atoms. The molecule has 0 fully saturated rings. The molecule has 0 unspecified atom stereocenters. The van der Waals surface area contributed by atoms with E-state index < -0.39 is 5.97 Å². The minimum Gasteiger partial charge on any atom is -0.315 e. The minimum absolute atomic E-state index is 0.421. The Morgan fingerprint density at radius 3 is 2.85 bits per heavy atom. The SMILES string of the molecule is CC(C)=CC(=O)On1cc(Cl)cn1. The number of rotatable bonds is 2. The van der Waals surface area contributed by atoms with E-state index in [9.17, 15) is 4.79 Å². The van der Waals surface area contributed by atoms with Crippen LogP contribution < -0.4 is 4.84 Å². The van der Waals surface area contributed by atoms with Gasteiger partial charge in [0.1, 0.15) is 0 Å². The van der Waals surface area contributed by atoms with Crippen molar-refractivity contribution < 1.29 is 9.63 Å². The largest absolute Gasteiger partial charge is 0.358 e. The molecule has 70 valence electrons. The van der Waals surface area contributed by atoms with Gasteiger partial charge in [0.25, 0.3) is 0 Å². The number of aromatic nitrogens is 2. The molecule has 0 atom stereocenters. The second-order valence-electron chi connectivity index (χ2n) is 2.69. The van der Waals surface area contributed by atoms with E-state index >= 15 is 0 Å². The first kappa shape index (κ1) is 9.80. The molecule has 0 aliphatic carbocycles. The zero-order valence-electron chi connectivity index (χ0n) is 7.32. The zero-order chi connectivity index (χ0) is 9.84. The normalized spacial score (nSPS) is 9.46. The molecule has 1 aromatic heterocycles. The van der Waals surface area contributed by atoms with Crippen molar-refractivity contribution in [2.45, 2.75) is 13.8 Å². The monoisotopic (exact) mass is 200 g/mol. The lowest BCUT2D eigenvalue weighted by atomic mass is 10.3. The van der Waals surface area contributed by atoms with Gasteiger partial charge in [-0.2, -0.15) is 0 Å². The Morgan fingerprint density at radius 2 is 2.38 bits per heavy atom. The lowest BCUT2D eigenvalue weighted by Crippen LogP contribution is -2.18. The first-order chi connectivity index (χ1) is 6.08. The summed E-state index contributed by atoms with van der Waals surface area (Å²) in [7, 11) is 0. The van der Waals surface area contributed by atoms with E-state index in [-0.39, 0.29) is 0 Å². The van der Waals surface area contributed by atoms with Gasteiger partial charge in [-0.05, 0) is 13.8 Å². The van der Waals surface area contributed by atoms with Gasteiger partial charge in [-0.1, -0.05) is 22.0 Å². The maximum atomic E-state index is 11.0. The molecular formula is C8H9ClN2O2. The summed E-state index contributed by atoms with van der Waals surface area (Å²) < 4.78 is 0. The van der Waals surface area contributed by atoms with Crippen molar-refractivity contribution in [3.8, 4) is 0 Å². The Morgan fingerprint density at radius 1 is 1.69 bits per heavy atom. The lowest BCUT2D eigenvalue weighted by Gasteiger charge is -1.97. The molecule has 0 aromatic carbocycles. The van der Waals surface area contributed by atoms with Crippen LogP contribution >= 0.6 is 11.6 Å². The highest BCUT2D eigenvalue weighted by Crippen LogP contribution is 2.03. The molecule has 0 N–H and O–H groups in total. The molecule has 0 aliphatic rings. The van der Waals surface area contributed by atoms with Gasteiger partial charge in [-0.15, -0.1) is 5.10 Å². The maximum Gasteiger partial charge on any atom is 0.358 e. The Hall–Kier alpha value is -1.29. The number of hydrogen-bond donors (Lipinski definition) is 0. The summed E-state index contributed by atoms with van der Waals surface area (Å²) in [6, 6.07) is 0. The van der Waals surface area contributed by atoms with Crippen LogP contribution in [0.3, 0.4) is 0 Å². The van der Waals surface area contributed by atoms with Crippen molar-refractivity contribution in [2.75, 3.05) is 0 Å². The van der Waals surface area contributed by atoms with Gasteiger partial charge in [0, 0.05) is 6.08 Å². The summed E-state index contributed by atoms with van der Waals surface area (Å²) in [5.41, 5.74) is 0.864. The summed E-state index contributed by atoms with van der Waals surface area (Å²) in [5.74, 6) is -0.472. The minimum atomic E-state index is -0.472. The average molecular weight is 201 g/mol. The van der Waals surface area contributed by atoms with Crippen molar-refractivity contribution in [1.29, 1.82) is 0 Å². The van der Waals surface area contributed by atoms with Crippen molar-refractivity contribution in [3.63, 3.8) is 0 Å². The highest BCUT2D eigenvalue weighted by Gasteiger charge is 2.01. The van der Waals surface area contributed by atoms with Crippen LogP contribution in [0, 0.1) is 0 Å². The molecule has 1 aromatic rings. The van der Waals surface area contributed by atoms with Crippen LogP contribution in [-0.4, -0.2) is 15.9 Å². The Kier molecular flexibility index (Phi) is 3.08. The Labute approximate surface area is 80.7 Å². The van der Waals surface area contributed by atoms with Crippen LogP contribution in [0.5, 0.6) is 0 Å². The smallest absolute Gasteiger partial charge is 0.315 e. The van der Waals surface area contributed by atoms with Crippen LogP contribution in [0.25, 0.3) is 0 Å². The van der Waals surface area contributed by atoms with E-state index in [2.05, 4.69) is 5.10 Å². The molecule has 0 spiro atoms. The first-order valence-electron chi connectivity index (χ1n) is 3.65. The molecule has 0 bridgehead atoms. The molecule has 1 heterocycles. The number of carbonyl (C=O) groups is 1. The third-order valence-electron chi connectivity index (χ3n) is 1.12. The van der Waals surface area contributed by atoms with Crippen LogP contribution in [0.1, 0.15) is 13.8 Å². The standard InChI is InChI=1S/C8H9ClN2O2/c1-6(2)3-8(12)13-11-5-7(9)4-10-11/h3-5H,1-2H3.